The molecular formula is C13H12FNO. The molecule has 16 heavy (non-hydrogen) atoms. The van der Waals surface area contributed by atoms with Crippen LogP contribution in [0.4, 0.5) is 4.39 Å². The number of hydrogen-bond acceptors (Lipinski definition) is 2. The minimum Gasteiger partial charge on any atom is -0.396 e. The van der Waals surface area contributed by atoms with E-state index in [1.165, 1.54) is 6.07 Å². The molecule has 3 heteroatoms. The van der Waals surface area contributed by atoms with Crippen molar-refractivity contribution < 1.29 is 9.50 Å². The van der Waals surface area contributed by atoms with Crippen LogP contribution in [0.15, 0.2) is 42.6 Å². The molecule has 0 aliphatic carbocycles. The van der Waals surface area contributed by atoms with Crippen LogP contribution in [0.1, 0.15) is 5.56 Å². The minimum atomic E-state index is -0.273. The monoisotopic (exact) mass is 217 g/mol. The molecule has 0 aliphatic rings. The average Bonchev–Trinajstić information content (AvgIpc) is 2.31. The highest BCUT2D eigenvalue weighted by molar-refractivity contribution is 5.59. The highest BCUT2D eigenvalue weighted by Gasteiger charge is 2.04. The number of aliphatic hydroxyl groups is 1. The van der Waals surface area contributed by atoms with Crippen molar-refractivity contribution in [3.63, 3.8) is 0 Å². The molecule has 0 radical (unpaired) electrons. The van der Waals surface area contributed by atoms with Gasteiger partial charge in [0.15, 0.2) is 0 Å². The molecule has 1 heterocycles. The van der Waals surface area contributed by atoms with Crippen LogP contribution in [0.2, 0.25) is 0 Å². The number of hydrogen-bond donors (Lipinski definition) is 1. The molecule has 0 atom stereocenters. The van der Waals surface area contributed by atoms with Gasteiger partial charge in [0.25, 0.3) is 0 Å². The molecule has 1 N–H and O–H groups in total. The van der Waals surface area contributed by atoms with E-state index in [2.05, 4.69) is 4.98 Å². The predicted octanol–water partition coefficient (Wildman–Crippen LogP) is 2.42. The number of benzene rings is 1. The van der Waals surface area contributed by atoms with Crippen molar-refractivity contribution in [3.05, 3.63) is 54.0 Å². The second kappa shape index (κ2) is 4.86. The molecule has 0 aliphatic heterocycles. The van der Waals surface area contributed by atoms with Gasteiger partial charge in [-0.05, 0) is 30.2 Å². The van der Waals surface area contributed by atoms with E-state index >= 15 is 0 Å². The molecular weight excluding hydrogens is 205 g/mol. The molecule has 0 spiro atoms. The van der Waals surface area contributed by atoms with Gasteiger partial charge in [-0.15, -0.1) is 0 Å². The summed E-state index contributed by atoms with van der Waals surface area (Å²) in [6.45, 7) is 0.0979. The number of halogens is 1. The van der Waals surface area contributed by atoms with E-state index < -0.39 is 0 Å². The Morgan fingerprint density at radius 2 is 1.94 bits per heavy atom. The smallest absolute Gasteiger partial charge is 0.132 e. The Hall–Kier alpha value is -1.74. The molecule has 1 aromatic carbocycles. The van der Waals surface area contributed by atoms with E-state index in [-0.39, 0.29) is 12.4 Å². The third-order valence-electron chi connectivity index (χ3n) is 2.38. The lowest BCUT2D eigenvalue weighted by Crippen LogP contribution is -1.93. The molecule has 0 amide bonds. The minimum absolute atomic E-state index is 0.0979. The van der Waals surface area contributed by atoms with Gasteiger partial charge in [0.2, 0.25) is 0 Å². The Kier molecular flexibility index (Phi) is 3.27. The van der Waals surface area contributed by atoms with E-state index in [4.69, 9.17) is 5.11 Å². The molecule has 0 bridgehead atoms. The van der Waals surface area contributed by atoms with Crippen molar-refractivity contribution in [2.75, 3.05) is 6.61 Å². The summed E-state index contributed by atoms with van der Waals surface area (Å²) in [4.78, 5) is 4.18. The largest absolute Gasteiger partial charge is 0.396 e. The molecule has 0 saturated heterocycles. The molecule has 2 rings (SSSR count). The number of aliphatic hydroxyl groups excluding tert-OH is 1. The predicted molar refractivity (Wildman–Crippen MR) is 60.4 cm³/mol. The van der Waals surface area contributed by atoms with Crippen molar-refractivity contribution in [3.8, 4) is 11.3 Å². The third kappa shape index (κ3) is 2.25. The van der Waals surface area contributed by atoms with Gasteiger partial charge in [0.05, 0.1) is 5.69 Å². The fourth-order valence-corrected chi connectivity index (χ4v) is 1.53. The van der Waals surface area contributed by atoms with Crippen LogP contribution in [0.25, 0.3) is 11.3 Å². The summed E-state index contributed by atoms with van der Waals surface area (Å²) in [5.74, 6) is -0.273. The van der Waals surface area contributed by atoms with Crippen LogP contribution < -0.4 is 0 Å². The number of pyridine rings is 1. The lowest BCUT2D eigenvalue weighted by Gasteiger charge is -2.03. The van der Waals surface area contributed by atoms with Gasteiger partial charge in [-0.25, -0.2) is 4.39 Å². The standard InChI is InChI=1S/C13H12FNO/c14-12-4-2-1-3-11(12)13-6-5-10(7-8-16)9-15-13/h1-6,9,16H,7-8H2. The van der Waals surface area contributed by atoms with Crippen LogP contribution in [0.3, 0.4) is 0 Å². The van der Waals surface area contributed by atoms with Crippen LogP contribution in [-0.2, 0) is 6.42 Å². The molecule has 2 aromatic rings. The maximum absolute atomic E-state index is 13.4. The van der Waals surface area contributed by atoms with Crippen molar-refractivity contribution in [1.29, 1.82) is 0 Å². The Morgan fingerprint density at radius 1 is 1.12 bits per heavy atom. The lowest BCUT2D eigenvalue weighted by atomic mass is 10.1. The first kappa shape index (κ1) is 10.8. The zero-order chi connectivity index (χ0) is 11.4. The van der Waals surface area contributed by atoms with Gasteiger partial charge in [-0.1, -0.05) is 18.2 Å². The van der Waals surface area contributed by atoms with Gasteiger partial charge in [0, 0.05) is 18.4 Å². The maximum atomic E-state index is 13.4. The number of aromatic nitrogens is 1. The fourth-order valence-electron chi connectivity index (χ4n) is 1.53. The van der Waals surface area contributed by atoms with Gasteiger partial charge in [0.1, 0.15) is 5.82 Å². The second-order valence-electron chi connectivity index (χ2n) is 3.51. The van der Waals surface area contributed by atoms with E-state index in [0.717, 1.165) is 5.56 Å². The molecule has 0 unspecified atom stereocenters. The summed E-state index contributed by atoms with van der Waals surface area (Å²) in [6, 6.07) is 10.2. The first-order valence-corrected chi connectivity index (χ1v) is 5.12. The highest BCUT2D eigenvalue weighted by atomic mass is 19.1. The summed E-state index contributed by atoms with van der Waals surface area (Å²) >= 11 is 0. The van der Waals surface area contributed by atoms with Crippen molar-refractivity contribution >= 4 is 0 Å². The summed E-state index contributed by atoms with van der Waals surface area (Å²) in [6.07, 6.45) is 2.24. The summed E-state index contributed by atoms with van der Waals surface area (Å²) < 4.78 is 13.4. The fraction of sp³-hybridized carbons (Fsp3) is 0.154. The van der Waals surface area contributed by atoms with E-state index in [0.29, 0.717) is 17.7 Å². The molecule has 2 nitrogen and oxygen atoms in total. The van der Waals surface area contributed by atoms with E-state index in [1.807, 2.05) is 6.07 Å². The lowest BCUT2D eigenvalue weighted by molar-refractivity contribution is 0.299. The second-order valence-corrected chi connectivity index (χ2v) is 3.51. The van der Waals surface area contributed by atoms with Crippen molar-refractivity contribution in [1.82, 2.24) is 4.98 Å². The normalized spacial score (nSPS) is 10.4. The number of nitrogens with zero attached hydrogens (tertiary/aromatic N) is 1. The van der Waals surface area contributed by atoms with Gasteiger partial charge in [-0.3, -0.25) is 4.98 Å². The SMILES string of the molecule is OCCc1ccc(-c2ccccc2F)nc1. The molecule has 0 fully saturated rings. The van der Waals surface area contributed by atoms with Gasteiger partial charge >= 0.3 is 0 Å². The van der Waals surface area contributed by atoms with E-state index in [9.17, 15) is 4.39 Å². The first-order chi connectivity index (χ1) is 7.81. The van der Waals surface area contributed by atoms with Crippen LogP contribution in [0.5, 0.6) is 0 Å². The highest BCUT2D eigenvalue weighted by Crippen LogP contribution is 2.20. The summed E-state index contributed by atoms with van der Waals surface area (Å²) in [5.41, 5.74) is 2.06. The van der Waals surface area contributed by atoms with Crippen LogP contribution in [-0.4, -0.2) is 16.7 Å². The summed E-state index contributed by atoms with van der Waals surface area (Å²) in [5, 5.41) is 8.76. The Balaban J connectivity index is 2.31. The van der Waals surface area contributed by atoms with Crippen LogP contribution in [0, 0.1) is 5.82 Å². The number of rotatable bonds is 3. The Bertz CT molecular complexity index is 468. The van der Waals surface area contributed by atoms with Gasteiger partial charge in [-0.2, -0.15) is 0 Å². The molecule has 1 aromatic heterocycles. The van der Waals surface area contributed by atoms with E-state index in [1.54, 1.807) is 30.5 Å². The zero-order valence-corrected chi connectivity index (χ0v) is 8.73. The average molecular weight is 217 g/mol. The maximum Gasteiger partial charge on any atom is 0.132 e. The first-order valence-electron chi connectivity index (χ1n) is 5.12. The Labute approximate surface area is 93.4 Å². The Morgan fingerprint density at radius 3 is 2.56 bits per heavy atom. The molecule has 82 valence electrons. The third-order valence-corrected chi connectivity index (χ3v) is 2.38. The summed E-state index contributed by atoms with van der Waals surface area (Å²) in [7, 11) is 0. The van der Waals surface area contributed by atoms with Crippen LogP contribution >= 0.6 is 0 Å². The molecule has 0 saturated carbocycles. The quantitative estimate of drug-likeness (QED) is 0.856. The topological polar surface area (TPSA) is 33.1 Å². The van der Waals surface area contributed by atoms with Gasteiger partial charge < -0.3 is 5.11 Å². The zero-order valence-electron chi connectivity index (χ0n) is 8.73. The van der Waals surface area contributed by atoms with Crippen molar-refractivity contribution in [2.24, 2.45) is 0 Å². The van der Waals surface area contributed by atoms with Crippen molar-refractivity contribution in [2.45, 2.75) is 6.42 Å².